The van der Waals surface area contributed by atoms with Gasteiger partial charge in [0.05, 0.1) is 36.6 Å². The first kappa shape index (κ1) is 22.6. The molecule has 0 spiro atoms. The number of ether oxygens (including phenoxy) is 2. The number of carbonyl (C=O) groups excluding carboxylic acids is 3. The third kappa shape index (κ3) is 5.23. The summed E-state index contributed by atoms with van der Waals surface area (Å²) in [6.07, 6.45) is 0. The average molecular weight is 462 g/mol. The lowest BCUT2D eigenvalue weighted by Crippen LogP contribution is -2.61. The second kappa shape index (κ2) is 9.49. The number of nitrogens with one attached hydrogen (secondary N) is 2. The summed E-state index contributed by atoms with van der Waals surface area (Å²) in [7, 11) is 0. The molecule has 0 bridgehead atoms. The van der Waals surface area contributed by atoms with Gasteiger partial charge in [0.1, 0.15) is 0 Å². The van der Waals surface area contributed by atoms with Crippen LogP contribution in [0.2, 0.25) is 0 Å². The molecule has 2 aromatic rings. The fraction of sp³-hybridized carbons (Fsp3) is 0.524. The monoisotopic (exact) mass is 461 g/mol. The number of nitrogens with zero attached hydrogens (tertiary/aromatic N) is 3. The Morgan fingerprint density at radius 2 is 1.94 bits per heavy atom. The fourth-order valence-electron chi connectivity index (χ4n) is 3.94. The minimum absolute atomic E-state index is 0.0629. The summed E-state index contributed by atoms with van der Waals surface area (Å²) in [4.78, 5) is 45.0. The first-order valence-electron chi connectivity index (χ1n) is 10.5. The van der Waals surface area contributed by atoms with E-state index < -0.39 is 5.60 Å². The van der Waals surface area contributed by atoms with Gasteiger partial charge >= 0.3 is 0 Å². The van der Waals surface area contributed by atoms with Crippen molar-refractivity contribution in [3.63, 3.8) is 0 Å². The first-order valence-corrected chi connectivity index (χ1v) is 11.4. The van der Waals surface area contributed by atoms with Gasteiger partial charge in [-0.3, -0.25) is 19.3 Å². The molecular formula is C21H27N5O5S. The molecule has 1 aromatic heterocycles. The lowest BCUT2D eigenvalue weighted by molar-refractivity contribution is -0.171. The quantitative estimate of drug-likeness (QED) is 0.687. The fourth-order valence-corrected chi connectivity index (χ4v) is 4.86. The van der Waals surface area contributed by atoms with Crippen molar-refractivity contribution in [3.8, 4) is 0 Å². The Morgan fingerprint density at radius 1 is 1.16 bits per heavy atom. The zero-order valence-corrected chi connectivity index (χ0v) is 19.0. The molecule has 1 atom stereocenters. The molecule has 0 aliphatic carbocycles. The molecule has 1 unspecified atom stereocenters. The van der Waals surface area contributed by atoms with E-state index in [0.29, 0.717) is 56.8 Å². The van der Waals surface area contributed by atoms with Crippen LogP contribution >= 0.6 is 11.3 Å². The Hall–Kier alpha value is -2.60. The maximum Gasteiger partial charge on any atom is 0.256 e. The van der Waals surface area contributed by atoms with Crippen molar-refractivity contribution in [2.45, 2.75) is 19.4 Å². The van der Waals surface area contributed by atoms with Crippen LogP contribution in [0.15, 0.2) is 18.2 Å². The Balaban J connectivity index is 1.36. The molecule has 32 heavy (non-hydrogen) atoms. The maximum absolute atomic E-state index is 13.0. The number of hydrogen-bond donors (Lipinski definition) is 2. The highest BCUT2D eigenvalue weighted by molar-refractivity contribution is 7.22. The summed E-state index contributed by atoms with van der Waals surface area (Å²) >= 11 is 1.34. The highest BCUT2D eigenvalue weighted by atomic mass is 32.1. The van der Waals surface area contributed by atoms with Gasteiger partial charge in [-0.25, -0.2) is 4.98 Å². The van der Waals surface area contributed by atoms with Gasteiger partial charge in [0.15, 0.2) is 10.7 Å². The minimum atomic E-state index is -0.980. The largest absolute Gasteiger partial charge is 0.378 e. The second-order valence-electron chi connectivity index (χ2n) is 8.13. The van der Waals surface area contributed by atoms with Crippen LogP contribution in [-0.2, 0) is 23.9 Å². The number of anilines is 2. The molecule has 0 saturated carbocycles. The lowest BCUT2D eigenvalue weighted by atomic mass is 10.0. The predicted octanol–water partition coefficient (Wildman–Crippen LogP) is 1.14. The Morgan fingerprint density at radius 3 is 2.69 bits per heavy atom. The van der Waals surface area contributed by atoms with Crippen LogP contribution in [0.1, 0.15) is 13.8 Å². The zero-order chi connectivity index (χ0) is 22.7. The van der Waals surface area contributed by atoms with Gasteiger partial charge in [-0.05, 0) is 25.1 Å². The van der Waals surface area contributed by atoms with E-state index in [4.69, 9.17) is 9.47 Å². The molecular weight excluding hydrogens is 434 g/mol. The normalized spacial score (nSPS) is 22.0. The van der Waals surface area contributed by atoms with E-state index in [0.717, 1.165) is 10.2 Å². The van der Waals surface area contributed by atoms with Gasteiger partial charge in [0, 0.05) is 38.8 Å². The van der Waals surface area contributed by atoms with E-state index in [2.05, 4.69) is 15.6 Å². The van der Waals surface area contributed by atoms with Crippen LogP contribution in [0.3, 0.4) is 0 Å². The second-order valence-corrected chi connectivity index (χ2v) is 9.16. The van der Waals surface area contributed by atoms with E-state index in [1.165, 1.54) is 18.3 Å². The van der Waals surface area contributed by atoms with Gasteiger partial charge in [-0.1, -0.05) is 11.3 Å². The number of benzene rings is 1. The van der Waals surface area contributed by atoms with E-state index in [-0.39, 0.29) is 24.3 Å². The Labute approximate surface area is 189 Å². The molecule has 2 saturated heterocycles. The van der Waals surface area contributed by atoms with Gasteiger partial charge < -0.3 is 25.0 Å². The standard InChI is InChI=1S/C21H27N5O5S/c1-14(27)22-15-3-4-16-17(11-15)32-20(23-16)24-18(28)12-25-5-10-31-21(2,13-25)19(29)26-6-8-30-9-7-26/h3-4,11H,5-10,12-13H2,1-2H3,(H,22,27)(H,23,24,28). The van der Waals surface area contributed by atoms with E-state index in [9.17, 15) is 14.4 Å². The number of morpholine rings is 2. The molecule has 1 aromatic carbocycles. The maximum atomic E-state index is 13.0. The summed E-state index contributed by atoms with van der Waals surface area (Å²) < 4.78 is 12.0. The van der Waals surface area contributed by atoms with Crippen LogP contribution in [0.25, 0.3) is 10.2 Å². The molecule has 2 aliphatic rings. The van der Waals surface area contributed by atoms with E-state index >= 15 is 0 Å². The van der Waals surface area contributed by atoms with Gasteiger partial charge in [-0.2, -0.15) is 0 Å². The Bertz CT molecular complexity index is 1020. The molecule has 2 N–H and O–H groups in total. The van der Waals surface area contributed by atoms with Crippen molar-refractivity contribution in [3.05, 3.63) is 18.2 Å². The van der Waals surface area contributed by atoms with E-state index in [1.807, 2.05) is 11.0 Å². The summed E-state index contributed by atoms with van der Waals surface area (Å²) in [5.74, 6) is -0.409. The van der Waals surface area contributed by atoms with Crippen molar-refractivity contribution < 1.29 is 23.9 Å². The van der Waals surface area contributed by atoms with Crippen molar-refractivity contribution in [1.82, 2.24) is 14.8 Å². The first-order chi connectivity index (χ1) is 15.3. The molecule has 2 aliphatic heterocycles. The van der Waals surface area contributed by atoms with Crippen molar-refractivity contribution in [2.24, 2.45) is 0 Å². The third-order valence-electron chi connectivity index (χ3n) is 5.43. The van der Waals surface area contributed by atoms with Gasteiger partial charge in [0.2, 0.25) is 11.8 Å². The zero-order valence-electron chi connectivity index (χ0n) is 18.2. The van der Waals surface area contributed by atoms with Gasteiger partial charge in [-0.15, -0.1) is 0 Å². The molecule has 2 fully saturated rings. The van der Waals surface area contributed by atoms with Gasteiger partial charge in [0.25, 0.3) is 5.91 Å². The van der Waals surface area contributed by atoms with Crippen molar-refractivity contribution >= 4 is 50.1 Å². The highest BCUT2D eigenvalue weighted by Crippen LogP contribution is 2.28. The summed E-state index contributed by atoms with van der Waals surface area (Å²) in [5.41, 5.74) is 0.449. The smallest absolute Gasteiger partial charge is 0.256 e. The summed E-state index contributed by atoms with van der Waals surface area (Å²) in [6, 6.07) is 5.40. The number of carbonyl (C=O) groups is 3. The number of rotatable bonds is 5. The van der Waals surface area contributed by atoms with Crippen LogP contribution in [0.4, 0.5) is 10.8 Å². The van der Waals surface area contributed by atoms with Crippen LogP contribution in [0, 0.1) is 0 Å². The molecule has 4 rings (SSSR count). The highest BCUT2D eigenvalue weighted by Gasteiger charge is 2.42. The number of fused-ring (bicyclic) bond motifs is 1. The Kier molecular flexibility index (Phi) is 6.70. The average Bonchev–Trinajstić information content (AvgIpc) is 3.14. The van der Waals surface area contributed by atoms with E-state index in [1.54, 1.807) is 24.0 Å². The molecule has 0 radical (unpaired) electrons. The summed E-state index contributed by atoms with van der Waals surface area (Å²) in [6.45, 7) is 6.85. The van der Waals surface area contributed by atoms with Crippen molar-refractivity contribution in [1.29, 1.82) is 0 Å². The van der Waals surface area contributed by atoms with Crippen molar-refractivity contribution in [2.75, 3.05) is 63.2 Å². The molecule has 172 valence electrons. The number of aromatic nitrogens is 1. The predicted molar refractivity (Wildman–Crippen MR) is 121 cm³/mol. The SMILES string of the molecule is CC(=O)Nc1ccc2nc(NC(=O)CN3CCOC(C)(C(=O)N4CCOCC4)C3)sc2c1. The third-order valence-corrected chi connectivity index (χ3v) is 6.36. The lowest BCUT2D eigenvalue weighted by Gasteiger charge is -2.42. The number of hydrogen-bond acceptors (Lipinski definition) is 8. The minimum Gasteiger partial charge on any atom is -0.378 e. The molecule has 10 nitrogen and oxygen atoms in total. The molecule has 11 heteroatoms. The summed E-state index contributed by atoms with van der Waals surface area (Å²) in [5, 5.41) is 6.07. The molecule has 3 amide bonds. The van der Waals surface area contributed by atoms with Crippen LogP contribution in [0.5, 0.6) is 0 Å². The number of thiazole rings is 1. The van der Waals surface area contributed by atoms with Crippen LogP contribution < -0.4 is 10.6 Å². The molecule has 3 heterocycles. The number of amides is 3. The van der Waals surface area contributed by atoms with Crippen LogP contribution in [-0.4, -0.2) is 90.7 Å². The topological polar surface area (TPSA) is 113 Å².